The third kappa shape index (κ3) is 11.5. The maximum Gasteiger partial charge on any atom is 0.187 e. The van der Waals surface area contributed by atoms with Crippen molar-refractivity contribution in [2.24, 2.45) is 5.92 Å². The van der Waals surface area contributed by atoms with E-state index in [1.165, 1.54) is 6.20 Å². The van der Waals surface area contributed by atoms with Gasteiger partial charge in [0.25, 0.3) is 0 Å². The molecule has 10 aromatic rings. The van der Waals surface area contributed by atoms with E-state index in [2.05, 4.69) is 45.5 Å². The van der Waals surface area contributed by atoms with Crippen LogP contribution in [0.5, 0.6) is 0 Å². The summed E-state index contributed by atoms with van der Waals surface area (Å²) < 4.78 is 84.0. The molecule has 10 rings (SSSR count). The molecule has 0 spiro atoms. The topological polar surface area (TPSA) is 211 Å². The molecule has 0 amide bonds. The average Bonchev–Trinajstić information content (AvgIpc) is 4.23. The molecule has 6 heterocycles. The van der Waals surface area contributed by atoms with E-state index < -0.39 is 48.6 Å². The summed E-state index contributed by atoms with van der Waals surface area (Å²) in [7, 11) is -7.83. The van der Waals surface area contributed by atoms with E-state index in [1.54, 1.807) is 104 Å². The van der Waals surface area contributed by atoms with Gasteiger partial charge >= 0.3 is 0 Å². The summed E-state index contributed by atoms with van der Waals surface area (Å²) in [6, 6.07) is 32.5. The van der Waals surface area contributed by atoms with E-state index >= 15 is 4.39 Å². The Labute approximate surface area is 420 Å². The molecule has 0 aliphatic carbocycles. The highest BCUT2D eigenvalue weighted by molar-refractivity contribution is 7.92. The second-order valence-corrected chi connectivity index (χ2v) is 22.3. The zero-order valence-electron chi connectivity index (χ0n) is 40.4. The number of rotatable bonds is 18. The fourth-order valence-corrected chi connectivity index (χ4v) is 11.8. The quantitative estimate of drug-likeness (QED) is 0.0853. The van der Waals surface area contributed by atoms with Crippen molar-refractivity contribution >= 4 is 53.0 Å². The molecule has 0 unspecified atom stereocenters. The molecule has 19 heteroatoms. The first-order chi connectivity index (χ1) is 35.0. The van der Waals surface area contributed by atoms with Gasteiger partial charge in [-0.05, 0) is 61.2 Å². The van der Waals surface area contributed by atoms with E-state index in [-0.39, 0.29) is 29.2 Å². The predicted molar refractivity (Wildman–Crippen MR) is 273 cm³/mol. The number of sulfone groups is 2. The van der Waals surface area contributed by atoms with E-state index in [0.717, 1.165) is 28.8 Å². The zero-order valence-corrected chi connectivity index (χ0v) is 42.0. The van der Waals surface area contributed by atoms with Gasteiger partial charge in [0.1, 0.15) is 28.8 Å². The van der Waals surface area contributed by atoms with Crippen LogP contribution in [-0.4, -0.2) is 79.3 Å². The van der Waals surface area contributed by atoms with Gasteiger partial charge in [-0.3, -0.25) is 19.4 Å². The molecule has 0 radical (unpaired) electrons. The van der Waals surface area contributed by atoms with Crippen molar-refractivity contribution in [3.8, 4) is 22.4 Å². The summed E-state index contributed by atoms with van der Waals surface area (Å²) in [5.74, 6) is -0.983. The van der Waals surface area contributed by atoms with Crippen molar-refractivity contribution in [3.05, 3.63) is 180 Å². The number of nitrogens with one attached hydrogen (secondary N) is 1. The van der Waals surface area contributed by atoms with Gasteiger partial charge in [-0.25, -0.2) is 21.2 Å². The summed E-state index contributed by atoms with van der Waals surface area (Å²) in [5.41, 5.74) is 6.66. The Morgan fingerprint density at radius 2 is 1.25 bits per heavy atom. The SMILES string of the molecule is Cc1cc(CC(=O)CS(=O)(=O)c2cn(Cc3cccc(-c4ccn[nH]4)c3F)c3ccccc23)no1.Cc1cc(CC(=O)CS(=O)(=O)c2cn(Cc3cccc(-c4cnn(CC(C)C)c4)c3)c3ccccc23)no1. The smallest absolute Gasteiger partial charge is 0.187 e. The lowest BCUT2D eigenvalue weighted by Crippen LogP contribution is -2.18. The first-order valence-corrected chi connectivity index (χ1v) is 26.7. The Morgan fingerprint density at radius 1 is 0.671 bits per heavy atom. The summed E-state index contributed by atoms with van der Waals surface area (Å²) in [4.78, 5) is 25.3. The first kappa shape index (κ1) is 49.9. The number of carbonyl (C=O) groups is 2. The predicted octanol–water partition coefficient (Wildman–Crippen LogP) is 9.19. The lowest BCUT2D eigenvalue weighted by atomic mass is 10.1. The largest absolute Gasteiger partial charge is 0.361 e. The molecule has 0 aliphatic heterocycles. The number of H-pyrrole nitrogens is 1. The number of ketones is 2. The zero-order chi connectivity index (χ0) is 51.4. The number of nitrogens with zero attached hydrogens (tertiary/aromatic N) is 7. The van der Waals surface area contributed by atoms with Gasteiger partial charge in [0.2, 0.25) is 0 Å². The number of aromatic amines is 1. The highest BCUT2D eigenvalue weighted by atomic mass is 32.2. The van der Waals surface area contributed by atoms with E-state index in [9.17, 15) is 26.4 Å². The Hall–Kier alpha value is -8.03. The molecular formula is C54H51FN8O8S2. The molecule has 4 aromatic carbocycles. The third-order valence-corrected chi connectivity index (χ3v) is 15.4. The lowest BCUT2D eigenvalue weighted by molar-refractivity contribution is -0.117. The van der Waals surface area contributed by atoms with Crippen molar-refractivity contribution in [2.45, 2.75) is 70.0 Å². The van der Waals surface area contributed by atoms with Crippen molar-refractivity contribution in [2.75, 3.05) is 11.5 Å². The minimum absolute atomic E-state index is 0.0305. The number of benzene rings is 4. The summed E-state index contributed by atoms with van der Waals surface area (Å²) in [6.45, 7) is 9.18. The van der Waals surface area contributed by atoms with Crippen LogP contribution in [0.2, 0.25) is 0 Å². The van der Waals surface area contributed by atoms with Gasteiger partial charge in [-0.2, -0.15) is 10.2 Å². The van der Waals surface area contributed by atoms with Crippen LogP contribution in [0.1, 0.15) is 47.9 Å². The maximum atomic E-state index is 15.3. The summed E-state index contributed by atoms with van der Waals surface area (Å²) in [6.07, 6.45) is 8.34. The monoisotopic (exact) mass is 1020 g/mol. The molecule has 16 nitrogen and oxygen atoms in total. The summed E-state index contributed by atoms with van der Waals surface area (Å²) in [5, 5.41) is 19.7. The minimum atomic E-state index is -3.96. The number of hydrogen-bond acceptors (Lipinski definition) is 12. The molecule has 73 heavy (non-hydrogen) atoms. The number of aromatic nitrogens is 8. The van der Waals surface area contributed by atoms with E-state index in [4.69, 9.17) is 9.05 Å². The van der Waals surface area contributed by atoms with E-state index in [1.807, 2.05) is 52.0 Å². The maximum absolute atomic E-state index is 15.3. The Morgan fingerprint density at radius 3 is 1.79 bits per heavy atom. The molecule has 0 saturated heterocycles. The fourth-order valence-electron chi connectivity index (χ4n) is 8.80. The van der Waals surface area contributed by atoms with Gasteiger partial charge in [-0.1, -0.05) is 90.9 Å². The molecule has 6 aromatic heterocycles. The summed E-state index contributed by atoms with van der Waals surface area (Å²) >= 11 is 0. The Kier molecular flexibility index (Phi) is 14.3. The number of fused-ring (bicyclic) bond motifs is 2. The van der Waals surface area contributed by atoms with Crippen LogP contribution in [0.15, 0.2) is 159 Å². The molecule has 0 bridgehead atoms. The fraction of sp³-hybridized carbons (Fsp3) is 0.222. The van der Waals surface area contributed by atoms with Crippen LogP contribution >= 0.6 is 0 Å². The third-order valence-electron chi connectivity index (χ3n) is 12.0. The normalized spacial score (nSPS) is 11.9. The highest BCUT2D eigenvalue weighted by Gasteiger charge is 2.27. The number of carbonyl (C=O) groups excluding carboxylic acids is 2. The van der Waals surface area contributed by atoms with Crippen LogP contribution in [0, 0.1) is 25.6 Å². The molecule has 0 saturated carbocycles. The van der Waals surface area contributed by atoms with E-state index in [0.29, 0.717) is 68.5 Å². The van der Waals surface area contributed by atoms with Gasteiger partial charge in [0, 0.05) is 88.5 Å². The average molecular weight is 1020 g/mol. The van der Waals surface area contributed by atoms with Crippen LogP contribution in [-0.2, 0) is 61.7 Å². The van der Waals surface area contributed by atoms with Gasteiger partial charge in [0.05, 0.1) is 52.5 Å². The molecule has 0 atom stereocenters. The molecular weight excluding hydrogens is 972 g/mol. The Balaban J connectivity index is 0.000000180. The standard InChI is InChI=1S/C29H30N4O4S.C25H21FN4O4S/c1-20(2)15-33-17-24(14-30-33)23-8-6-7-22(12-23)16-32-18-29(27-9-4-5-10-28(27)32)38(35,36)19-26(34)13-25-11-21(3)37-31-25;1-16-11-18(29-34-16)12-19(31)15-35(32,33)24-14-30(23-8-3-2-6-21(23)24)13-17-5-4-7-20(25(17)26)22-9-10-27-28-22/h4-12,14,17-18,20H,13,15-16,19H2,1-3H3;2-11,14H,12-13,15H2,1H3,(H,27,28). The van der Waals surface area contributed by atoms with Crippen LogP contribution in [0.3, 0.4) is 0 Å². The Bertz CT molecular complexity index is 3850. The van der Waals surface area contributed by atoms with Gasteiger partial charge in [0.15, 0.2) is 31.2 Å². The number of aryl methyl sites for hydroxylation is 2. The number of halogens is 1. The van der Waals surface area contributed by atoms with Crippen molar-refractivity contribution < 1.29 is 39.9 Å². The first-order valence-electron chi connectivity index (χ1n) is 23.4. The number of hydrogen-bond donors (Lipinski definition) is 1. The van der Waals surface area contributed by atoms with Crippen molar-refractivity contribution in [1.29, 1.82) is 0 Å². The van der Waals surface area contributed by atoms with Crippen LogP contribution < -0.4 is 0 Å². The number of Topliss-reactive ketones (excluding diaryl/α,β-unsaturated/α-hetero) is 2. The van der Waals surface area contributed by atoms with Crippen LogP contribution in [0.4, 0.5) is 4.39 Å². The minimum Gasteiger partial charge on any atom is -0.361 e. The van der Waals surface area contributed by atoms with Gasteiger partial charge < -0.3 is 18.2 Å². The number of para-hydroxylation sites is 2. The molecule has 374 valence electrons. The van der Waals surface area contributed by atoms with Crippen LogP contribution in [0.25, 0.3) is 44.2 Å². The second kappa shape index (κ2) is 21.0. The molecule has 0 aliphatic rings. The van der Waals surface area contributed by atoms with Crippen molar-refractivity contribution in [1.82, 2.24) is 39.4 Å². The second-order valence-electron chi connectivity index (χ2n) is 18.4. The highest BCUT2D eigenvalue weighted by Crippen LogP contribution is 2.31. The van der Waals surface area contributed by atoms with Gasteiger partial charge in [-0.15, -0.1) is 0 Å². The van der Waals surface area contributed by atoms with Crippen molar-refractivity contribution in [3.63, 3.8) is 0 Å². The lowest BCUT2D eigenvalue weighted by Gasteiger charge is -2.09. The molecule has 0 fully saturated rings. The molecule has 1 N–H and O–H groups in total.